The second kappa shape index (κ2) is 7.34. The fourth-order valence-corrected chi connectivity index (χ4v) is 1.70. The first-order chi connectivity index (χ1) is 8.50. The molecular weight excluding hydrogens is 255 g/mol. The standard InChI is InChI=1S/C13H18ClFN2O/c1-9(2)17-12(18)6-7-16-8-10-4-3-5-11(14)13(10)15/h3-5,9,16H,6-8H2,1-2H3,(H,17,18). The van der Waals surface area contributed by atoms with Gasteiger partial charge in [-0.15, -0.1) is 0 Å². The molecule has 1 aromatic carbocycles. The Kier molecular flexibility index (Phi) is 6.09. The number of hydrogen-bond donors (Lipinski definition) is 2. The van der Waals surface area contributed by atoms with Crippen LogP contribution in [0, 0.1) is 5.82 Å². The number of halogens is 2. The van der Waals surface area contributed by atoms with Crippen molar-refractivity contribution in [3.8, 4) is 0 Å². The first-order valence-corrected chi connectivity index (χ1v) is 6.31. The Morgan fingerprint density at radius 1 is 1.44 bits per heavy atom. The lowest BCUT2D eigenvalue weighted by atomic mass is 10.2. The molecule has 1 amide bonds. The van der Waals surface area contributed by atoms with Crippen LogP contribution in [0.3, 0.4) is 0 Å². The molecular formula is C13H18ClFN2O. The molecule has 0 saturated heterocycles. The highest BCUT2D eigenvalue weighted by molar-refractivity contribution is 6.30. The molecule has 1 rings (SSSR count). The highest BCUT2D eigenvalue weighted by Crippen LogP contribution is 2.17. The van der Waals surface area contributed by atoms with Crippen LogP contribution in [-0.4, -0.2) is 18.5 Å². The number of benzene rings is 1. The van der Waals surface area contributed by atoms with Crippen LogP contribution in [0.5, 0.6) is 0 Å². The fraction of sp³-hybridized carbons (Fsp3) is 0.462. The molecule has 18 heavy (non-hydrogen) atoms. The maximum atomic E-state index is 13.5. The predicted molar refractivity (Wildman–Crippen MR) is 71.0 cm³/mol. The van der Waals surface area contributed by atoms with Gasteiger partial charge in [-0.25, -0.2) is 4.39 Å². The Labute approximate surface area is 112 Å². The zero-order valence-corrected chi connectivity index (χ0v) is 11.4. The van der Waals surface area contributed by atoms with E-state index in [2.05, 4.69) is 10.6 Å². The molecule has 0 radical (unpaired) electrons. The number of carbonyl (C=O) groups excluding carboxylic acids is 1. The average molecular weight is 273 g/mol. The lowest BCUT2D eigenvalue weighted by molar-refractivity contribution is -0.121. The van der Waals surface area contributed by atoms with Gasteiger partial charge in [-0.05, 0) is 19.9 Å². The third kappa shape index (κ3) is 5.02. The van der Waals surface area contributed by atoms with Crippen molar-refractivity contribution >= 4 is 17.5 Å². The van der Waals surface area contributed by atoms with Crippen molar-refractivity contribution in [1.29, 1.82) is 0 Å². The number of nitrogens with one attached hydrogen (secondary N) is 2. The van der Waals surface area contributed by atoms with E-state index in [1.807, 2.05) is 13.8 Å². The van der Waals surface area contributed by atoms with Crippen molar-refractivity contribution in [1.82, 2.24) is 10.6 Å². The normalized spacial score (nSPS) is 10.7. The molecule has 0 bridgehead atoms. The SMILES string of the molecule is CC(C)NC(=O)CCNCc1cccc(Cl)c1F. The van der Waals surface area contributed by atoms with Crippen molar-refractivity contribution in [3.05, 3.63) is 34.6 Å². The summed E-state index contributed by atoms with van der Waals surface area (Å²) in [5.74, 6) is -0.414. The largest absolute Gasteiger partial charge is 0.354 e. The van der Waals surface area contributed by atoms with Crippen LogP contribution in [0.25, 0.3) is 0 Å². The van der Waals surface area contributed by atoms with E-state index in [1.54, 1.807) is 12.1 Å². The van der Waals surface area contributed by atoms with Gasteiger partial charge < -0.3 is 10.6 Å². The Morgan fingerprint density at radius 2 is 2.17 bits per heavy atom. The van der Waals surface area contributed by atoms with Gasteiger partial charge in [0.05, 0.1) is 5.02 Å². The van der Waals surface area contributed by atoms with Crippen LogP contribution in [-0.2, 0) is 11.3 Å². The van der Waals surface area contributed by atoms with Gasteiger partial charge in [-0.1, -0.05) is 23.7 Å². The van der Waals surface area contributed by atoms with E-state index in [-0.39, 0.29) is 17.0 Å². The van der Waals surface area contributed by atoms with E-state index in [0.717, 1.165) is 0 Å². The molecule has 0 aliphatic carbocycles. The summed E-state index contributed by atoms with van der Waals surface area (Å²) in [5.41, 5.74) is 0.506. The molecule has 0 spiro atoms. The van der Waals surface area contributed by atoms with Gasteiger partial charge in [0.1, 0.15) is 5.82 Å². The molecule has 0 aliphatic rings. The smallest absolute Gasteiger partial charge is 0.221 e. The van der Waals surface area contributed by atoms with Gasteiger partial charge in [-0.3, -0.25) is 4.79 Å². The summed E-state index contributed by atoms with van der Waals surface area (Å²) in [7, 11) is 0. The maximum absolute atomic E-state index is 13.5. The first-order valence-electron chi connectivity index (χ1n) is 5.93. The Morgan fingerprint density at radius 3 is 2.83 bits per heavy atom. The second-order valence-electron chi connectivity index (χ2n) is 4.36. The van der Waals surface area contributed by atoms with Crippen molar-refractivity contribution in [2.24, 2.45) is 0 Å². The number of amides is 1. The number of rotatable bonds is 6. The highest BCUT2D eigenvalue weighted by Gasteiger charge is 2.06. The Bertz CT molecular complexity index is 410. The monoisotopic (exact) mass is 272 g/mol. The van der Waals surface area contributed by atoms with E-state index in [1.165, 1.54) is 6.07 Å². The van der Waals surface area contributed by atoms with Crippen molar-refractivity contribution in [3.63, 3.8) is 0 Å². The number of hydrogen-bond acceptors (Lipinski definition) is 2. The quantitative estimate of drug-likeness (QED) is 0.781. The van der Waals surface area contributed by atoms with Crippen LogP contribution in [0.2, 0.25) is 5.02 Å². The molecule has 0 saturated carbocycles. The Balaban J connectivity index is 2.30. The van der Waals surface area contributed by atoms with Crippen LogP contribution in [0.4, 0.5) is 4.39 Å². The minimum absolute atomic E-state index is 0.0101. The number of carbonyl (C=O) groups is 1. The second-order valence-corrected chi connectivity index (χ2v) is 4.77. The summed E-state index contributed by atoms with van der Waals surface area (Å²) in [6.07, 6.45) is 0.375. The molecule has 0 aromatic heterocycles. The molecule has 1 aromatic rings. The predicted octanol–water partition coefficient (Wildman–Crippen LogP) is 2.48. The molecule has 0 aliphatic heterocycles. The van der Waals surface area contributed by atoms with Gasteiger partial charge in [0.15, 0.2) is 0 Å². The van der Waals surface area contributed by atoms with E-state index in [0.29, 0.717) is 25.1 Å². The Hall–Kier alpha value is -1.13. The third-order valence-electron chi connectivity index (χ3n) is 2.33. The lowest BCUT2D eigenvalue weighted by Crippen LogP contribution is -2.32. The highest BCUT2D eigenvalue weighted by atomic mass is 35.5. The third-order valence-corrected chi connectivity index (χ3v) is 2.62. The zero-order valence-electron chi connectivity index (χ0n) is 10.6. The molecule has 3 nitrogen and oxygen atoms in total. The summed E-state index contributed by atoms with van der Waals surface area (Å²) in [4.78, 5) is 11.3. The van der Waals surface area contributed by atoms with Crippen molar-refractivity contribution < 1.29 is 9.18 Å². The summed E-state index contributed by atoms with van der Waals surface area (Å²) in [6, 6.07) is 5.02. The summed E-state index contributed by atoms with van der Waals surface area (Å²) in [6.45, 7) is 4.69. The van der Waals surface area contributed by atoms with E-state index >= 15 is 0 Å². The van der Waals surface area contributed by atoms with E-state index in [9.17, 15) is 9.18 Å². The lowest BCUT2D eigenvalue weighted by Gasteiger charge is -2.09. The first kappa shape index (κ1) is 14.9. The van der Waals surface area contributed by atoms with E-state index < -0.39 is 5.82 Å². The van der Waals surface area contributed by atoms with Crippen LogP contribution < -0.4 is 10.6 Å². The van der Waals surface area contributed by atoms with Crippen molar-refractivity contribution in [2.75, 3.05) is 6.54 Å². The van der Waals surface area contributed by atoms with Gasteiger partial charge in [0.2, 0.25) is 5.91 Å². The molecule has 0 atom stereocenters. The topological polar surface area (TPSA) is 41.1 Å². The molecule has 0 unspecified atom stereocenters. The molecule has 0 heterocycles. The van der Waals surface area contributed by atoms with Gasteiger partial charge in [-0.2, -0.15) is 0 Å². The zero-order chi connectivity index (χ0) is 13.5. The van der Waals surface area contributed by atoms with Crippen molar-refractivity contribution in [2.45, 2.75) is 32.9 Å². The summed E-state index contributed by atoms with van der Waals surface area (Å²) >= 11 is 5.67. The molecule has 2 N–H and O–H groups in total. The van der Waals surface area contributed by atoms with Crippen LogP contribution in [0.15, 0.2) is 18.2 Å². The van der Waals surface area contributed by atoms with Gasteiger partial charge in [0.25, 0.3) is 0 Å². The maximum Gasteiger partial charge on any atom is 0.221 e. The summed E-state index contributed by atoms with van der Waals surface area (Å²) in [5, 5.41) is 5.92. The average Bonchev–Trinajstić information content (AvgIpc) is 2.29. The molecule has 5 heteroatoms. The van der Waals surface area contributed by atoms with Gasteiger partial charge in [0, 0.05) is 31.1 Å². The van der Waals surface area contributed by atoms with Crippen LogP contribution >= 0.6 is 11.6 Å². The van der Waals surface area contributed by atoms with Crippen LogP contribution in [0.1, 0.15) is 25.8 Å². The molecule has 0 fully saturated rings. The summed E-state index contributed by atoms with van der Waals surface area (Å²) < 4.78 is 13.5. The fourth-order valence-electron chi connectivity index (χ4n) is 1.50. The van der Waals surface area contributed by atoms with Gasteiger partial charge >= 0.3 is 0 Å². The van der Waals surface area contributed by atoms with E-state index in [4.69, 9.17) is 11.6 Å². The molecule has 100 valence electrons. The minimum atomic E-state index is -0.404. The minimum Gasteiger partial charge on any atom is -0.354 e.